The van der Waals surface area contributed by atoms with Crippen molar-refractivity contribution in [3.05, 3.63) is 28.6 Å². The zero-order valence-electron chi connectivity index (χ0n) is 10.8. The summed E-state index contributed by atoms with van der Waals surface area (Å²) in [6.45, 7) is 0. The lowest BCUT2D eigenvalue weighted by Gasteiger charge is -2.12. The number of aromatic nitrogens is 1. The SMILES string of the molecule is CNC(=O)C(CCC=O)n1oc2cc(O)ccc2c1=O. The van der Waals surface area contributed by atoms with Gasteiger partial charge in [0.15, 0.2) is 5.58 Å². The summed E-state index contributed by atoms with van der Waals surface area (Å²) in [6.07, 6.45) is 0.969. The maximum atomic E-state index is 12.2. The summed E-state index contributed by atoms with van der Waals surface area (Å²) in [5, 5.41) is 12.1. The molecule has 2 aromatic rings. The summed E-state index contributed by atoms with van der Waals surface area (Å²) in [5.74, 6) is -0.458. The maximum Gasteiger partial charge on any atom is 0.291 e. The highest BCUT2D eigenvalue weighted by Crippen LogP contribution is 2.21. The number of aldehydes is 1. The lowest BCUT2D eigenvalue weighted by Crippen LogP contribution is -2.34. The van der Waals surface area contributed by atoms with Crippen molar-refractivity contribution >= 4 is 23.2 Å². The Morgan fingerprint density at radius 3 is 2.95 bits per heavy atom. The van der Waals surface area contributed by atoms with E-state index in [9.17, 15) is 19.5 Å². The van der Waals surface area contributed by atoms with E-state index in [1.165, 1.54) is 25.2 Å². The number of hydrogen-bond donors (Lipinski definition) is 2. The highest BCUT2D eigenvalue weighted by Gasteiger charge is 2.24. The molecule has 1 heterocycles. The molecule has 0 saturated carbocycles. The summed E-state index contributed by atoms with van der Waals surface area (Å²) < 4.78 is 6.27. The Morgan fingerprint density at radius 1 is 1.55 bits per heavy atom. The zero-order chi connectivity index (χ0) is 14.7. The van der Waals surface area contributed by atoms with Crippen LogP contribution in [0.4, 0.5) is 0 Å². The molecule has 2 N–H and O–H groups in total. The number of aromatic hydroxyl groups is 1. The van der Waals surface area contributed by atoms with Gasteiger partial charge in [-0.15, -0.1) is 0 Å². The molecule has 0 spiro atoms. The normalized spacial score (nSPS) is 12.2. The van der Waals surface area contributed by atoms with Gasteiger partial charge in [0, 0.05) is 19.5 Å². The van der Waals surface area contributed by atoms with E-state index >= 15 is 0 Å². The molecule has 0 radical (unpaired) electrons. The Kier molecular flexibility index (Phi) is 3.88. The molecular formula is C13H14N2O5. The zero-order valence-corrected chi connectivity index (χ0v) is 10.8. The first kappa shape index (κ1) is 13.9. The fraction of sp³-hybridized carbons (Fsp3) is 0.308. The molecule has 1 amide bonds. The molecule has 1 unspecified atom stereocenters. The Bertz CT molecular complexity index is 700. The van der Waals surface area contributed by atoms with E-state index in [0.29, 0.717) is 6.29 Å². The summed E-state index contributed by atoms with van der Waals surface area (Å²) in [4.78, 5) is 34.5. The summed E-state index contributed by atoms with van der Waals surface area (Å²) in [7, 11) is 1.44. The van der Waals surface area contributed by atoms with E-state index in [4.69, 9.17) is 4.52 Å². The molecule has 1 atom stereocenters. The van der Waals surface area contributed by atoms with Crippen LogP contribution in [0.1, 0.15) is 18.9 Å². The van der Waals surface area contributed by atoms with Gasteiger partial charge in [-0.05, 0) is 18.6 Å². The molecule has 0 saturated heterocycles. The van der Waals surface area contributed by atoms with Gasteiger partial charge in [0.05, 0.1) is 5.39 Å². The first-order valence-corrected chi connectivity index (χ1v) is 6.08. The van der Waals surface area contributed by atoms with Crippen LogP contribution in [0.5, 0.6) is 5.75 Å². The quantitative estimate of drug-likeness (QED) is 0.778. The number of carbonyl (C=O) groups is 2. The van der Waals surface area contributed by atoms with Gasteiger partial charge in [0.25, 0.3) is 5.56 Å². The number of nitrogens with zero attached hydrogens (tertiary/aromatic N) is 1. The number of amides is 1. The first-order valence-electron chi connectivity index (χ1n) is 6.08. The summed E-state index contributed by atoms with van der Waals surface area (Å²) >= 11 is 0. The van der Waals surface area contributed by atoms with Crippen molar-refractivity contribution in [3.8, 4) is 5.75 Å². The Balaban J connectivity index is 2.52. The number of phenols is 1. The highest BCUT2D eigenvalue weighted by molar-refractivity contribution is 5.82. The van der Waals surface area contributed by atoms with Crippen molar-refractivity contribution in [2.45, 2.75) is 18.9 Å². The molecule has 1 aromatic heterocycles. The van der Waals surface area contributed by atoms with Crippen molar-refractivity contribution < 1.29 is 19.2 Å². The second kappa shape index (κ2) is 5.60. The fourth-order valence-corrected chi connectivity index (χ4v) is 1.98. The standard InChI is InChI=1S/C13H14N2O5/c1-14-12(18)10(3-2-6-16)15-13(19)9-5-4-8(17)7-11(9)20-15/h4-7,10,17H,2-3H2,1H3,(H,14,18). The van der Waals surface area contributed by atoms with Crippen molar-refractivity contribution in [3.63, 3.8) is 0 Å². The molecule has 2 rings (SSSR count). The van der Waals surface area contributed by atoms with Crippen LogP contribution in [0.3, 0.4) is 0 Å². The van der Waals surface area contributed by atoms with Crippen molar-refractivity contribution in [2.24, 2.45) is 0 Å². The molecule has 7 heteroatoms. The Hall–Kier alpha value is -2.57. The summed E-state index contributed by atoms with van der Waals surface area (Å²) in [6, 6.07) is 3.19. The fourth-order valence-electron chi connectivity index (χ4n) is 1.98. The minimum absolute atomic E-state index is 0.0391. The largest absolute Gasteiger partial charge is 0.508 e. The molecule has 0 fully saturated rings. The van der Waals surface area contributed by atoms with Crippen LogP contribution in [0.25, 0.3) is 11.0 Å². The third-order valence-corrected chi connectivity index (χ3v) is 2.98. The highest BCUT2D eigenvalue weighted by atomic mass is 16.5. The van der Waals surface area contributed by atoms with Crippen molar-refractivity contribution in [1.82, 2.24) is 10.1 Å². The monoisotopic (exact) mass is 278 g/mol. The van der Waals surface area contributed by atoms with Crippen LogP contribution >= 0.6 is 0 Å². The number of rotatable bonds is 5. The Morgan fingerprint density at radius 2 is 2.30 bits per heavy atom. The average Bonchev–Trinajstić information content (AvgIpc) is 2.75. The molecule has 0 aliphatic rings. The van der Waals surface area contributed by atoms with E-state index in [1.807, 2.05) is 0 Å². The number of nitrogens with one attached hydrogen (secondary N) is 1. The van der Waals surface area contributed by atoms with E-state index in [2.05, 4.69) is 5.32 Å². The van der Waals surface area contributed by atoms with Crippen LogP contribution in [-0.2, 0) is 9.59 Å². The van der Waals surface area contributed by atoms with Gasteiger partial charge in [-0.3, -0.25) is 9.59 Å². The Labute approximate surface area is 113 Å². The van der Waals surface area contributed by atoms with Crippen LogP contribution < -0.4 is 10.9 Å². The van der Waals surface area contributed by atoms with Gasteiger partial charge in [0.1, 0.15) is 18.1 Å². The van der Waals surface area contributed by atoms with Crippen LogP contribution in [0.2, 0.25) is 0 Å². The van der Waals surface area contributed by atoms with E-state index in [0.717, 1.165) is 4.74 Å². The molecule has 106 valence electrons. The smallest absolute Gasteiger partial charge is 0.291 e. The maximum absolute atomic E-state index is 12.2. The molecule has 20 heavy (non-hydrogen) atoms. The second-order valence-electron chi connectivity index (χ2n) is 4.28. The molecule has 0 bridgehead atoms. The van der Waals surface area contributed by atoms with Crippen LogP contribution in [0, 0.1) is 0 Å². The number of hydrogen-bond acceptors (Lipinski definition) is 5. The molecule has 0 aliphatic carbocycles. The number of fused-ring (bicyclic) bond motifs is 1. The number of carbonyl (C=O) groups excluding carboxylic acids is 2. The third-order valence-electron chi connectivity index (χ3n) is 2.98. The molecular weight excluding hydrogens is 264 g/mol. The van der Waals surface area contributed by atoms with Gasteiger partial charge in [-0.1, -0.05) is 0 Å². The van der Waals surface area contributed by atoms with Gasteiger partial charge < -0.3 is 19.7 Å². The van der Waals surface area contributed by atoms with Gasteiger partial charge in [0.2, 0.25) is 5.91 Å². The lowest BCUT2D eigenvalue weighted by molar-refractivity contribution is -0.125. The minimum atomic E-state index is -0.896. The van der Waals surface area contributed by atoms with E-state index in [-0.39, 0.29) is 29.6 Å². The topological polar surface area (TPSA) is 102 Å². The van der Waals surface area contributed by atoms with Crippen LogP contribution in [0.15, 0.2) is 27.5 Å². The molecule has 1 aromatic carbocycles. The lowest BCUT2D eigenvalue weighted by atomic mass is 10.1. The van der Waals surface area contributed by atoms with E-state index < -0.39 is 17.5 Å². The van der Waals surface area contributed by atoms with Gasteiger partial charge in [-0.25, -0.2) is 0 Å². The van der Waals surface area contributed by atoms with Crippen LogP contribution in [-0.4, -0.2) is 29.1 Å². The molecule has 7 nitrogen and oxygen atoms in total. The number of benzene rings is 1. The predicted octanol–water partition coefficient (Wildman–Crippen LogP) is 0.566. The third kappa shape index (κ3) is 2.42. The van der Waals surface area contributed by atoms with Crippen molar-refractivity contribution in [2.75, 3.05) is 7.05 Å². The predicted molar refractivity (Wildman–Crippen MR) is 70.5 cm³/mol. The van der Waals surface area contributed by atoms with Crippen molar-refractivity contribution in [1.29, 1.82) is 0 Å². The molecule has 0 aliphatic heterocycles. The van der Waals surface area contributed by atoms with Gasteiger partial charge in [-0.2, -0.15) is 4.74 Å². The summed E-state index contributed by atoms with van der Waals surface area (Å²) in [5.41, 5.74) is -0.283. The van der Waals surface area contributed by atoms with E-state index in [1.54, 1.807) is 0 Å². The minimum Gasteiger partial charge on any atom is -0.508 e. The average molecular weight is 278 g/mol. The number of phenolic OH excluding ortho intramolecular Hbond substituents is 1. The second-order valence-corrected chi connectivity index (χ2v) is 4.28. The number of likely N-dealkylation sites (N-methyl/N-ethyl adjacent to an activating group) is 1. The first-order chi connectivity index (χ1) is 9.58. The van der Waals surface area contributed by atoms with Gasteiger partial charge >= 0.3 is 0 Å².